The second-order valence-corrected chi connectivity index (χ2v) is 2.31. The third-order valence-corrected chi connectivity index (χ3v) is 1.51. The highest BCUT2D eigenvalue weighted by molar-refractivity contribution is 4.77. The summed E-state index contributed by atoms with van der Waals surface area (Å²) in [6.07, 6.45) is 4.12. The number of hydrogen-bond acceptors (Lipinski definition) is 2. The van der Waals surface area contributed by atoms with Crippen molar-refractivity contribution in [3.8, 4) is 0 Å². The van der Waals surface area contributed by atoms with Gasteiger partial charge in [0.15, 0.2) is 6.29 Å². The van der Waals surface area contributed by atoms with Crippen LogP contribution in [0.2, 0.25) is 0 Å². The maximum absolute atomic E-state index is 8.87. The Kier molecular flexibility index (Phi) is 2.25. The van der Waals surface area contributed by atoms with E-state index in [4.69, 9.17) is 9.84 Å². The fourth-order valence-corrected chi connectivity index (χ4v) is 1.05. The van der Waals surface area contributed by atoms with Crippen LogP contribution in [0.1, 0.15) is 19.3 Å². The molecule has 2 atom stereocenters. The zero-order valence-corrected chi connectivity index (χ0v) is 5.42. The van der Waals surface area contributed by atoms with Crippen LogP contribution in [0.25, 0.3) is 0 Å². The molecule has 52 valence electrons. The second kappa shape index (κ2) is 2.99. The summed E-state index contributed by atoms with van der Waals surface area (Å²) in [5.74, 6) is 0. The second-order valence-electron chi connectivity index (χ2n) is 2.31. The van der Waals surface area contributed by atoms with Gasteiger partial charge in [-0.3, -0.25) is 0 Å². The number of ether oxygens (including phenoxy) is 1. The standard InChI is InChI=1S/C7H12O2/c1-2-3-6-4-5-7(8)9-6/h2,6-8H,1,3-5H2/t6-,7-/m0/s1. The van der Waals surface area contributed by atoms with Crippen LogP contribution in [0.5, 0.6) is 0 Å². The molecule has 0 bridgehead atoms. The van der Waals surface area contributed by atoms with E-state index in [-0.39, 0.29) is 6.10 Å². The van der Waals surface area contributed by atoms with Crippen LogP contribution < -0.4 is 0 Å². The molecular formula is C7H12O2. The van der Waals surface area contributed by atoms with E-state index in [0.717, 1.165) is 19.3 Å². The van der Waals surface area contributed by atoms with E-state index in [1.807, 2.05) is 6.08 Å². The smallest absolute Gasteiger partial charge is 0.155 e. The lowest BCUT2D eigenvalue weighted by atomic mass is 10.2. The fourth-order valence-electron chi connectivity index (χ4n) is 1.05. The number of aliphatic hydroxyl groups is 1. The van der Waals surface area contributed by atoms with Crippen molar-refractivity contribution in [2.45, 2.75) is 31.7 Å². The van der Waals surface area contributed by atoms with Gasteiger partial charge in [-0.05, 0) is 12.8 Å². The summed E-state index contributed by atoms with van der Waals surface area (Å²) in [5, 5.41) is 8.87. The average molecular weight is 128 g/mol. The molecule has 1 N–H and O–H groups in total. The molecule has 9 heavy (non-hydrogen) atoms. The minimum absolute atomic E-state index is 0.220. The molecule has 0 amide bonds. The van der Waals surface area contributed by atoms with E-state index in [9.17, 15) is 0 Å². The van der Waals surface area contributed by atoms with Crippen molar-refractivity contribution in [1.82, 2.24) is 0 Å². The third kappa shape index (κ3) is 1.80. The Morgan fingerprint density at radius 3 is 2.89 bits per heavy atom. The molecule has 0 unspecified atom stereocenters. The molecule has 1 aliphatic heterocycles. The SMILES string of the molecule is C=CC[C@H]1CC[C@@H](O)O1. The van der Waals surface area contributed by atoms with Gasteiger partial charge in [0.1, 0.15) is 0 Å². The molecule has 1 heterocycles. The van der Waals surface area contributed by atoms with Gasteiger partial charge < -0.3 is 9.84 Å². The van der Waals surface area contributed by atoms with Crippen molar-refractivity contribution < 1.29 is 9.84 Å². The van der Waals surface area contributed by atoms with Crippen molar-refractivity contribution in [2.75, 3.05) is 0 Å². The van der Waals surface area contributed by atoms with Crippen LogP contribution >= 0.6 is 0 Å². The van der Waals surface area contributed by atoms with Gasteiger partial charge >= 0.3 is 0 Å². The first-order valence-corrected chi connectivity index (χ1v) is 3.27. The Bertz CT molecular complexity index is 101. The lowest BCUT2D eigenvalue weighted by molar-refractivity contribution is -0.0888. The first-order chi connectivity index (χ1) is 4.33. The van der Waals surface area contributed by atoms with Crippen LogP contribution in [-0.2, 0) is 4.74 Å². The first kappa shape index (κ1) is 6.78. The Labute approximate surface area is 55.1 Å². The molecule has 1 fully saturated rings. The highest BCUT2D eigenvalue weighted by Crippen LogP contribution is 2.19. The van der Waals surface area contributed by atoms with E-state index in [2.05, 4.69) is 6.58 Å². The molecule has 0 aromatic carbocycles. The monoisotopic (exact) mass is 128 g/mol. The molecule has 1 aliphatic rings. The van der Waals surface area contributed by atoms with Gasteiger partial charge in [-0.2, -0.15) is 0 Å². The minimum Gasteiger partial charge on any atom is -0.368 e. The summed E-state index contributed by atoms with van der Waals surface area (Å²) < 4.78 is 5.09. The van der Waals surface area contributed by atoms with Gasteiger partial charge in [0.05, 0.1) is 6.10 Å². The fraction of sp³-hybridized carbons (Fsp3) is 0.714. The Morgan fingerprint density at radius 1 is 1.67 bits per heavy atom. The number of aliphatic hydroxyl groups excluding tert-OH is 1. The lowest BCUT2D eigenvalue weighted by Crippen LogP contribution is -2.08. The Balaban J connectivity index is 2.21. The van der Waals surface area contributed by atoms with E-state index in [1.165, 1.54) is 0 Å². The maximum Gasteiger partial charge on any atom is 0.155 e. The van der Waals surface area contributed by atoms with Crippen LogP contribution in [0, 0.1) is 0 Å². The summed E-state index contributed by atoms with van der Waals surface area (Å²) in [7, 11) is 0. The van der Waals surface area contributed by atoms with Crippen LogP contribution in [0.3, 0.4) is 0 Å². The molecule has 2 heteroatoms. The molecule has 0 radical (unpaired) electrons. The predicted octanol–water partition coefficient (Wildman–Crippen LogP) is 1.06. The van der Waals surface area contributed by atoms with Gasteiger partial charge in [0.2, 0.25) is 0 Å². The summed E-state index contributed by atoms with van der Waals surface area (Å²) in [5.41, 5.74) is 0. The third-order valence-electron chi connectivity index (χ3n) is 1.51. The zero-order valence-electron chi connectivity index (χ0n) is 5.42. The topological polar surface area (TPSA) is 29.5 Å². The zero-order chi connectivity index (χ0) is 6.69. The van der Waals surface area contributed by atoms with Gasteiger partial charge in [-0.25, -0.2) is 0 Å². The Morgan fingerprint density at radius 2 is 2.44 bits per heavy atom. The molecule has 0 aromatic heterocycles. The van der Waals surface area contributed by atoms with Gasteiger partial charge in [0, 0.05) is 6.42 Å². The summed E-state index contributed by atoms with van der Waals surface area (Å²) in [4.78, 5) is 0. The van der Waals surface area contributed by atoms with Crippen molar-refractivity contribution in [3.05, 3.63) is 12.7 Å². The van der Waals surface area contributed by atoms with E-state index in [1.54, 1.807) is 0 Å². The van der Waals surface area contributed by atoms with Crippen LogP contribution in [0.15, 0.2) is 12.7 Å². The van der Waals surface area contributed by atoms with Crippen molar-refractivity contribution >= 4 is 0 Å². The highest BCUT2D eigenvalue weighted by Gasteiger charge is 2.21. The summed E-state index contributed by atoms with van der Waals surface area (Å²) >= 11 is 0. The van der Waals surface area contributed by atoms with Crippen LogP contribution in [0.4, 0.5) is 0 Å². The van der Waals surface area contributed by atoms with Gasteiger partial charge in [-0.15, -0.1) is 6.58 Å². The molecule has 0 spiro atoms. The molecule has 0 aliphatic carbocycles. The largest absolute Gasteiger partial charge is 0.368 e. The van der Waals surface area contributed by atoms with Crippen molar-refractivity contribution in [3.63, 3.8) is 0 Å². The summed E-state index contributed by atoms with van der Waals surface area (Å²) in [6.45, 7) is 3.59. The van der Waals surface area contributed by atoms with Crippen molar-refractivity contribution in [1.29, 1.82) is 0 Å². The Hall–Kier alpha value is -0.340. The maximum atomic E-state index is 8.87. The minimum atomic E-state index is -0.519. The summed E-state index contributed by atoms with van der Waals surface area (Å²) in [6, 6.07) is 0. The molecule has 1 rings (SSSR count). The normalized spacial score (nSPS) is 34.8. The highest BCUT2D eigenvalue weighted by atomic mass is 16.6. The van der Waals surface area contributed by atoms with E-state index < -0.39 is 6.29 Å². The van der Waals surface area contributed by atoms with Crippen molar-refractivity contribution in [2.24, 2.45) is 0 Å². The quantitative estimate of drug-likeness (QED) is 0.563. The first-order valence-electron chi connectivity index (χ1n) is 3.27. The van der Waals surface area contributed by atoms with E-state index >= 15 is 0 Å². The molecular weight excluding hydrogens is 116 g/mol. The van der Waals surface area contributed by atoms with E-state index in [0.29, 0.717) is 0 Å². The van der Waals surface area contributed by atoms with Crippen LogP contribution in [-0.4, -0.2) is 17.5 Å². The number of hydrogen-bond donors (Lipinski definition) is 1. The lowest BCUT2D eigenvalue weighted by Gasteiger charge is -2.05. The molecule has 0 aromatic rings. The molecule has 1 saturated heterocycles. The molecule has 0 saturated carbocycles. The predicted molar refractivity (Wildman–Crippen MR) is 34.9 cm³/mol. The molecule has 2 nitrogen and oxygen atoms in total. The number of rotatable bonds is 2. The van der Waals surface area contributed by atoms with Gasteiger partial charge in [0.25, 0.3) is 0 Å². The van der Waals surface area contributed by atoms with Gasteiger partial charge in [-0.1, -0.05) is 6.08 Å². The average Bonchev–Trinajstić information content (AvgIpc) is 2.17.